The van der Waals surface area contributed by atoms with E-state index in [0.717, 1.165) is 37.2 Å². The fourth-order valence-corrected chi connectivity index (χ4v) is 4.37. The minimum atomic E-state index is -0.496. The summed E-state index contributed by atoms with van der Waals surface area (Å²) in [5.74, 6) is -0.714. The van der Waals surface area contributed by atoms with Crippen LogP contribution in [-0.4, -0.2) is 50.8 Å². The van der Waals surface area contributed by atoms with Gasteiger partial charge in [0.2, 0.25) is 5.91 Å². The number of nitrogens with one attached hydrogen (secondary N) is 1. The number of piperidine rings is 1. The molecule has 2 aromatic carbocycles. The predicted molar refractivity (Wildman–Crippen MR) is 137 cm³/mol. The van der Waals surface area contributed by atoms with Gasteiger partial charge >= 0.3 is 11.9 Å². The molecule has 0 radical (unpaired) electrons. The van der Waals surface area contributed by atoms with E-state index in [1.807, 2.05) is 25.1 Å². The fraction of sp³-hybridized carbons (Fsp3) is 0.464. The van der Waals surface area contributed by atoms with Crippen molar-refractivity contribution < 1.29 is 28.6 Å². The topological polar surface area (TPSA) is 94.2 Å². The minimum Gasteiger partial charge on any atom is -0.493 e. The van der Waals surface area contributed by atoms with Gasteiger partial charge in [-0.05, 0) is 56.9 Å². The molecule has 1 aliphatic heterocycles. The Bertz CT molecular complexity index is 1050. The summed E-state index contributed by atoms with van der Waals surface area (Å²) in [5, 5.41) is 3.05. The average molecular weight is 497 g/mol. The molecule has 1 heterocycles. The lowest BCUT2D eigenvalue weighted by Crippen LogP contribution is -2.36. The van der Waals surface area contributed by atoms with E-state index in [9.17, 15) is 14.4 Å². The van der Waals surface area contributed by atoms with Crippen LogP contribution in [0.15, 0.2) is 42.5 Å². The van der Waals surface area contributed by atoms with Gasteiger partial charge in [-0.3, -0.25) is 9.59 Å². The third kappa shape index (κ3) is 7.47. The van der Waals surface area contributed by atoms with Crippen LogP contribution in [0, 0.1) is 0 Å². The molecule has 1 unspecified atom stereocenters. The Kier molecular flexibility index (Phi) is 10.2. The highest BCUT2D eigenvalue weighted by molar-refractivity contribution is 5.93. The Balaban J connectivity index is 1.80. The number of para-hydroxylation sites is 1. The van der Waals surface area contributed by atoms with Gasteiger partial charge in [-0.2, -0.15) is 0 Å². The van der Waals surface area contributed by atoms with Crippen molar-refractivity contribution in [2.75, 3.05) is 37.8 Å². The van der Waals surface area contributed by atoms with Crippen molar-refractivity contribution in [3.8, 4) is 5.75 Å². The molecule has 1 N–H and O–H groups in total. The van der Waals surface area contributed by atoms with E-state index in [4.69, 9.17) is 14.2 Å². The highest BCUT2D eigenvalue weighted by Crippen LogP contribution is 2.29. The lowest BCUT2D eigenvalue weighted by molar-refractivity contribution is -0.142. The number of benzene rings is 2. The zero-order chi connectivity index (χ0) is 25.9. The number of anilines is 1. The molecule has 8 heteroatoms. The largest absolute Gasteiger partial charge is 0.493 e. The maximum Gasteiger partial charge on any atom is 0.341 e. The SMILES string of the molecule is CCOC(=O)c1ccc(CC(=O)NC(COC(C)=O)c2ccccc2N2CCCCC2)cc1OCC. The minimum absolute atomic E-state index is 0.0396. The summed E-state index contributed by atoms with van der Waals surface area (Å²) in [7, 11) is 0. The molecule has 1 atom stereocenters. The fourth-order valence-electron chi connectivity index (χ4n) is 4.37. The Morgan fingerprint density at radius 1 is 0.972 bits per heavy atom. The molecule has 0 bridgehead atoms. The van der Waals surface area contributed by atoms with Gasteiger partial charge in [0, 0.05) is 31.3 Å². The van der Waals surface area contributed by atoms with E-state index in [-0.39, 0.29) is 25.5 Å². The zero-order valence-corrected chi connectivity index (χ0v) is 21.4. The Labute approximate surface area is 212 Å². The number of amides is 1. The first-order valence-corrected chi connectivity index (χ1v) is 12.6. The van der Waals surface area contributed by atoms with Crippen LogP contribution in [-0.2, 0) is 25.5 Å². The van der Waals surface area contributed by atoms with E-state index in [1.165, 1.54) is 13.3 Å². The number of rotatable bonds is 11. The van der Waals surface area contributed by atoms with Crippen LogP contribution < -0.4 is 15.0 Å². The summed E-state index contributed by atoms with van der Waals surface area (Å²) in [6.45, 7) is 7.52. The van der Waals surface area contributed by atoms with Crippen LogP contribution in [0.25, 0.3) is 0 Å². The molecule has 0 aromatic heterocycles. The number of nitrogens with zero attached hydrogens (tertiary/aromatic N) is 1. The summed E-state index contributed by atoms with van der Waals surface area (Å²) in [6, 6.07) is 12.5. The van der Waals surface area contributed by atoms with E-state index in [2.05, 4.69) is 16.3 Å². The van der Waals surface area contributed by atoms with Crippen molar-refractivity contribution in [3.63, 3.8) is 0 Å². The van der Waals surface area contributed by atoms with Crippen molar-refractivity contribution in [3.05, 3.63) is 59.2 Å². The second kappa shape index (κ2) is 13.5. The number of esters is 2. The quantitative estimate of drug-likeness (QED) is 0.466. The molecule has 0 spiro atoms. The molecule has 0 saturated carbocycles. The molecule has 36 heavy (non-hydrogen) atoms. The molecule has 0 aliphatic carbocycles. The molecule has 194 valence electrons. The Morgan fingerprint density at radius 3 is 2.42 bits per heavy atom. The molecule has 1 saturated heterocycles. The number of hydrogen-bond donors (Lipinski definition) is 1. The third-order valence-corrected chi connectivity index (χ3v) is 6.00. The Morgan fingerprint density at radius 2 is 1.72 bits per heavy atom. The lowest BCUT2D eigenvalue weighted by Gasteiger charge is -2.32. The van der Waals surface area contributed by atoms with Gasteiger partial charge in [-0.15, -0.1) is 0 Å². The lowest BCUT2D eigenvalue weighted by atomic mass is 10.0. The Hall–Kier alpha value is -3.55. The van der Waals surface area contributed by atoms with Crippen molar-refractivity contribution in [2.45, 2.75) is 52.5 Å². The van der Waals surface area contributed by atoms with Crippen molar-refractivity contribution in [1.29, 1.82) is 0 Å². The molecule has 1 aliphatic rings. The monoisotopic (exact) mass is 496 g/mol. The standard InChI is InChI=1S/C28H36N2O6/c1-4-34-26-17-21(13-14-23(26)28(33)35-5-2)18-27(32)29-24(19-36-20(3)31)22-11-7-8-12-25(22)30-15-9-6-10-16-30/h7-8,11-14,17,24H,4-6,9-10,15-16,18-19H2,1-3H3,(H,29,32). The molecule has 8 nitrogen and oxygen atoms in total. The first-order chi connectivity index (χ1) is 17.4. The first-order valence-electron chi connectivity index (χ1n) is 12.6. The summed E-state index contributed by atoms with van der Waals surface area (Å²) < 4.78 is 16.1. The van der Waals surface area contributed by atoms with Crippen molar-refractivity contribution >= 4 is 23.5 Å². The third-order valence-electron chi connectivity index (χ3n) is 6.00. The number of hydrogen-bond acceptors (Lipinski definition) is 7. The normalized spacial score (nSPS) is 14.0. The highest BCUT2D eigenvalue weighted by atomic mass is 16.5. The van der Waals surface area contributed by atoms with E-state index in [0.29, 0.717) is 23.5 Å². The predicted octanol–water partition coefficient (Wildman–Crippen LogP) is 4.22. The molecular weight excluding hydrogens is 460 g/mol. The van der Waals surface area contributed by atoms with Crippen LogP contribution in [0.3, 0.4) is 0 Å². The molecule has 1 amide bonds. The number of ether oxygens (including phenoxy) is 3. The maximum atomic E-state index is 13.1. The maximum absolute atomic E-state index is 13.1. The second-order valence-corrected chi connectivity index (χ2v) is 8.69. The van der Waals surface area contributed by atoms with E-state index in [1.54, 1.807) is 25.1 Å². The second-order valence-electron chi connectivity index (χ2n) is 8.69. The average Bonchev–Trinajstić information content (AvgIpc) is 2.87. The van der Waals surface area contributed by atoms with Gasteiger partial charge in [0.05, 0.1) is 25.7 Å². The van der Waals surface area contributed by atoms with E-state index >= 15 is 0 Å². The van der Waals surface area contributed by atoms with Gasteiger partial charge in [0.1, 0.15) is 17.9 Å². The van der Waals surface area contributed by atoms with E-state index < -0.39 is 18.0 Å². The molecular formula is C28H36N2O6. The van der Waals surface area contributed by atoms with Crippen LogP contribution in [0.5, 0.6) is 5.75 Å². The number of carbonyl (C=O) groups excluding carboxylic acids is 3. The zero-order valence-electron chi connectivity index (χ0n) is 21.4. The van der Waals surface area contributed by atoms with Crippen LogP contribution in [0.2, 0.25) is 0 Å². The van der Waals surface area contributed by atoms with Gasteiger partial charge in [-0.25, -0.2) is 4.79 Å². The van der Waals surface area contributed by atoms with Crippen LogP contribution >= 0.6 is 0 Å². The van der Waals surface area contributed by atoms with Gasteiger partial charge in [-0.1, -0.05) is 24.3 Å². The summed E-state index contributed by atoms with van der Waals surface area (Å²) in [5.41, 5.74) is 2.99. The van der Waals surface area contributed by atoms with Gasteiger partial charge in [0.25, 0.3) is 0 Å². The van der Waals surface area contributed by atoms with Crippen molar-refractivity contribution in [2.24, 2.45) is 0 Å². The van der Waals surface area contributed by atoms with Gasteiger partial charge < -0.3 is 24.4 Å². The molecule has 2 aromatic rings. The summed E-state index contributed by atoms with van der Waals surface area (Å²) in [4.78, 5) is 39.3. The molecule has 1 fully saturated rings. The summed E-state index contributed by atoms with van der Waals surface area (Å²) >= 11 is 0. The van der Waals surface area contributed by atoms with Crippen LogP contribution in [0.4, 0.5) is 5.69 Å². The van der Waals surface area contributed by atoms with Crippen LogP contribution in [0.1, 0.15) is 67.6 Å². The number of carbonyl (C=O) groups is 3. The highest BCUT2D eigenvalue weighted by Gasteiger charge is 2.23. The molecule has 3 rings (SSSR count). The van der Waals surface area contributed by atoms with Crippen molar-refractivity contribution in [1.82, 2.24) is 5.32 Å². The first kappa shape index (κ1) is 27.0. The van der Waals surface area contributed by atoms with Gasteiger partial charge in [0.15, 0.2) is 0 Å². The smallest absolute Gasteiger partial charge is 0.341 e. The summed E-state index contributed by atoms with van der Waals surface area (Å²) in [6.07, 6.45) is 3.54.